The van der Waals surface area contributed by atoms with Gasteiger partial charge in [0.05, 0.1) is 5.69 Å². The molecule has 2 aliphatic rings. The highest BCUT2D eigenvalue weighted by Gasteiger charge is 2.21. The monoisotopic (exact) mass is 275 g/mol. The number of anilines is 1. The normalized spacial score (nSPS) is 22.6. The number of imidazole rings is 1. The van der Waals surface area contributed by atoms with E-state index < -0.39 is 0 Å². The third-order valence-corrected chi connectivity index (χ3v) is 5.01. The number of hydrogen-bond donors (Lipinski definition) is 1. The Balaban J connectivity index is 1.71. The van der Waals surface area contributed by atoms with Crippen LogP contribution in [-0.2, 0) is 0 Å². The fourth-order valence-electron chi connectivity index (χ4n) is 3.87. The summed E-state index contributed by atoms with van der Waals surface area (Å²) < 4.78 is 2.44. The molecule has 0 bridgehead atoms. The van der Waals surface area contributed by atoms with Crippen molar-refractivity contribution in [3.8, 4) is 0 Å². The van der Waals surface area contributed by atoms with Crippen LogP contribution in [0.15, 0.2) is 6.20 Å². The summed E-state index contributed by atoms with van der Waals surface area (Å²) in [6.45, 7) is 2.12. The summed E-state index contributed by atoms with van der Waals surface area (Å²) in [5.41, 5.74) is 1.16. The highest BCUT2D eigenvalue weighted by Crippen LogP contribution is 2.31. The van der Waals surface area contributed by atoms with Gasteiger partial charge in [-0.2, -0.15) is 0 Å². The first kappa shape index (κ1) is 14.0. The van der Waals surface area contributed by atoms with Crippen molar-refractivity contribution in [2.75, 3.05) is 5.32 Å². The molecule has 1 heterocycles. The van der Waals surface area contributed by atoms with Gasteiger partial charge in [-0.05, 0) is 32.6 Å². The standard InChI is InChI=1S/C17H29N3/c1-14-13-20(16-11-7-4-8-12-16)17(18-14)19-15-9-5-2-3-6-10-15/h13,15-16H,2-12H2,1H3,(H,18,19). The molecule has 0 atom stereocenters. The molecule has 0 aliphatic heterocycles. The zero-order valence-electron chi connectivity index (χ0n) is 12.9. The molecular formula is C17H29N3. The molecule has 0 saturated heterocycles. The molecule has 0 radical (unpaired) electrons. The second kappa shape index (κ2) is 6.64. The summed E-state index contributed by atoms with van der Waals surface area (Å²) >= 11 is 0. The van der Waals surface area contributed by atoms with E-state index in [2.05, 4.69) is 23.0 Å². The third kappa shape index (κ3) is 3.36. The summed E-state index contributed by atoms with van der Waals surface area (Å²) in [7, 11) is 0. The minimum atomic E-state index is 0.640. The van der Waals surface area contributed by atoms with Crippen LogP contribution >= 0.6 is 0 Å². The van der Waals surface area contributed by atoms with E-state index in [0.717, 1.165) is 11.6 Å². The Morgan fingerprint density at radius 2 is 1.55 bits per heavy atom. The molecule has 0 unspecified atom stereocenters. The van der Waals surface area contributed by atoms with Crippen molar-refractivity contribution in [3.63, 3.8) is 0 Å². The maximum atomic E-state index is 4.76. The summed E-state index contributed by atoms with van der Waals surface area (Å²) in [6, 6.07) is 1.32. The first-order valence-corrected chi connectivity index (χ1v) is 8.65. The van der Waals surface area contributed by atoms with Crippen molar-refractivity contribution in [2.24, 2.45) is 0 Å². The molecule has 1 aromatic heterocycles. The summed E-state index contributed by atoms with van der Waals surface area (Å²) in [6.07, 6.45) is 17.3. The van der Waals surface area contributed by atoms with Crippen molar-refractivity contribution in [1.29, 1.82) is 0 Å². The molecule has 3 rings (SSSR count). The predicted molar refractivity (Wildman–Crippen MR) is 84.2 cm³/mol. The topological polar surface area (TPSA) is 29.9 Å². The van der Waals surface area contributed by atoms with Gasteiger partial charge in [0.25, 0.3) is 0 Å². The molecule has 3 heteroatoms. The van der Waals surface area contributed by atoms with Crippen LogP contribution in [0.2, 0.25) is 0 Å². The molecule has 2 saturated carbocycles. The van der Waals surface area contributed by atoms with E-state index >= 15 is 0 Å². The van der Waals surface area contributed by atoms with Crippen molar-refractivity contribution in [3.05, 3.63) is 11.9 Å². The smallest absolute Gasteiger partial charge is 0.203 e. The van der Waals surface area contributed by atoms with E-state index in [0.29, 0.717) is 12.1 Å². The summed E-state index contributed by atoms with van der Waals surface area (Å²) in [5, 5.41) is 3.76. The minimum absolute atomic E-state index is 0.640. The van der Waals surface area contributed by atoms with Gasteiger partial charge in [0, 0.05) is 18.3 Å². The van der Waals surface area contributed by atoms with Crippen molar-refractivity contribution in [1.82, 2.24) is 9.55 Å². The molecule has 2 aliphatic carbocycles. The number of hydrogen-bond acceptors (Lipinski definition) is 2. The van der Waals surface area contributed by atoms with Gasteiger partial charge in [-0.25, -0.2) is 4.98 Å². The Morgan fingerprint density at radius 1 is 0.950 bits per heavy atom. The van der Waals surface area contributed by atoms with E-state index in [1.165, 1.54) is 70.6 Å². The van der Waals surface area contributed by atoms with Crippen LogP contribution in [0.3, 0.4) is 0 Å². The second-order valence-electron chi connectivity index (χ2n) is 6.74. The van der Waals surface area contributed by atoms with Gasteiger partial charge in [0.1, 0.15) is 0 Å². The molecule has 2 fully saturated rings. The van der Waals surface area contributed by atoms with E-state index in [-0.39, 0.29) is 0 Å². The Hall–Kier alpha value is -0.990. The van der Waals surface area contributed by atoms with Gasteiger partial charge < -0.3 is 9.88 Å². The quantitative estimate of drug-likeness (QED) is 0.801. The van der Waals surface area contributed by atoms with Crippen LogP contribution in [0.4, 0.5) is 5.95 Å². The predicted octanol–water partition coefficient (Wildman–Crippen LogP) is 4.83. The molecule has 0 spiro atoms. The lowest BCUT2D eigenvalue weighted by Crippen LogP contribution is -2.23. The van der Waals surface area contributed by atoms with Crippen molar-refractivity contribution in [2.45, 2.75) is 89.6 Å². The highest BCUT2D eigenvalue weighted by molar-refractivity contribution is 5.31. The van der Waals surface area contributed by atoms with Crippen LogP contribution in [0, 0.1) is 6.92 Å². The lowest BCUT2D eigenvalue weighted by atomic mass is 9.95. The van der Waals surface area contributed by atoms with Gasteiger partial charge in [-0.3, -0.25) is 0 Å². The largest absolute Gasteiger partial charge is 0.353 e. The molecule has 1 N–H and O–H groups in total. The average Bonchev–Trinajstić information content (AvgIpc) is 2.67. The fraction of sp³-hybridized carbons (Fsp3) is 0.824. The maximum Gasteiger partial charge on any atom is 0.203 e. The minimum Gasteiger partial charge on any atom is -0.353 e. The Kier molecular flexibility index (Phi) is 4.64. The molecule has 112 valence electrons. The van der Waals surface area contributed by atoms with E-state index in [1.54, 1.807) is 0 Å². The Labute approximate surface area is 123 Å². The molecule has 20 heavy (non-hydrogen) atoms. The maximum absolute atomic E-state index is 4.76. The lowest BCUT2D eigenvalue weighted by molar-refractivity contribution is 0.355. The Morgan fingerprint density at radius 3 is 2.25 bits per heavy atom. The first-order valence-electron chi connectivity index (χ1n) is 8.65. The number of nitrogens with one attached hydrogen (secondary N) is 1. The number of aromatic nitrogens is 2. The molecule has 1 aromatic rings. The van der Waals surface area contributed by atoms with Gasteiger partial charge in [-0.15, -0.1) is 0 Å². The van der Waals surface area contributed by atoms with Gasteiger partial charge in [-0.1, -0.05) is 44.9 Å². The fourth-order valence-corrected chi connectivity index (χ4v) is 3.87. The van der Waals surface area contributed by atoms with Crippen LogP contribution < -0.4 is 5.32 Å². The molecular weight excluding hydrogens is 246 g/mol. The van der Waals surface area contributed by atoms with Crippen molar-refractivity contribution >= 4 is 5.95 Å². The van der Waals surface area contributed by atoms with Gasteiger partial charge in [0.15, 0.2) is 0 Å². The first-order chi connectivity index (χ1) is 9.83. The van der Waals surface area contributed by atoms with E-state index in [4.69, 9.17) is 4.98 Å². The Bertz CT molecular complexity index is 410. The molecule has 0 aromatic carbocycles. The number of aryl methyl sites for hydroxylation is 1. The summed E-state index contributed by atoms with van der Waals surface area (Å²) in [4.78, 5) is 4.76. The zero-order valence-corrected chi connectivity index (χ0v) is 12.9. The highest BCUT2D eigenvalue weighted by atomic mass is 15.2. The second-order valence-corrected chi connectivity index (χ2v) is 6.74. The van der Waals surface area contributed by atoms with E-state index in [9.17, 15) is 0 Å². The molecule has 0 amide bonds. The van der Waals surface area contributed by atoms with Gasteiger partial charge >= 0.3 is 0 Å². The van der Waals surface area contributed by atoms with Crippen LogP contribution in [-0.4, -0.2) is 15.6 Å². The van der Waals surface area contributed by atoms with E-state index in [1.807, 2.05) is 0 Å². The molecule has 3 nitrogen and oxygen atoms in total. The average molecular weight is 275 g/mol. The SMILES string of the molecule is Cc1cn(C2CCCCC2)c(NC2CCCCCC2)n1. The van der Waals surface area contributed by atoms with Crippen LogP contribution in [0.5, 0.6) is 0 Å². The van der Waals surface area contributed by atoms with Crippen LogP contribution in [0.25, 0.3) is 0 Å². The van der Waals surface area contributed by atoms with Crippen LogP contribution in [0.1, 0.15) is 82.4 Å². The zero-order chi connectivity index (χ0) is 13.8. The number of nitrogens with zero attached hydrogens (tertiary/aromatic N) is 2. The summed E-state index contributed by atoms with van der Waals surface area (Å²) in [5.74, 6) is 1.14. The van der Waals surface area contributed by atoms with Gasteiger partial charge in [0.2, 0.25) is 5.95 Å². The van der Waals surface area contributed by atoms with Crippen molar-refractivity contribution < 1.29 is 0 Å². The third-order valence-electron chi connectivity index (χ3n) is 5.01. The lowest BCUT2D eigenvalue weighted by Gasteiger charge is -2.26. The number of rotatable bonds is 3.